The molecule has 1 aromatic heterocycles. The molecular formula is C22H20F2N4O3. The lowest BCUT2D eigenvalue weighted by Gasteiger charge is -2.10. The van der Waals surface area contributed by atoms with E-state index in [9.17, 15) is 18.4 Å². The van der Waals surface area contributed by atoms with E-state index in [2.05, 4.69) is 15.7 Å². The summed E-state index contributed by atoms with van der Waals surface area (Å²) in [6, 6.07) is 9.62. The van der Waals surface area contributed by atoms with Gasteiger partial charge in [0, 0.05) is 17.3 Å². The van der Waals surface area contributed by atoms with Gasteiger partial charge in [0.15, 0.2) is 11.6 Å². The average molecular weight is 426 g/mol. The average Bonchev–Trinajstić information content (AvgIpc) is 3.26. The van der Waals surface area contributed by atoms with Crippen molar-refractivity contribution < 1.29 is 23.1 Å². The monoisotopic (exact) mass is 426 g/mol. The first-order chi connectivity index (χ1) is 14.9. The number of fused-ring (bicyclic) bond motifs is 1. The van der Waals surface area contributed by atoms with Gasteiger partial charge in [0.2, 0.25) is 5.91 Å². The molecule has 1 aliphatic rings. The van der Waals surface area contributed by atoms with Gasteiger partial charge in [0.25, 0.3) is 5.91 Å². The van der Waals surface area contributed by atoms with E-state index in [0.717, 1.165) is 29.0 Å². The van der Waals surface area contributed by atoms with E-state index in [4.69, 9.17) is 4.74 Å². The number of aromatic nitrogens is 2. The molecule has 4 rings (SSSR count). The summed E-state index contributed by atoms with van der Waals surface area (Å²) in [6.45, 7) is 1.96. The Morgan fingerprint density at radius 3 is 2.58 bits per heavy atom. The maximum Gasteiger partial charge on any atom is 0.251 e. The van der Waals surface area contributed by atoms with Crippen molar-refractivity contribution in [1.29, 1.82) is 0 Å². The predicted octanol–water partition coefficient (Wildman–Crippen LogP) is 3.92. The fraction of sp³-hybridized carbons (Fsp3) is 0.227. The number of carbonyl (C=O) groups excluding carboxylic acids is 2. The molecule has 3 aromatic rings. The quantitative estimate of drug-likeness (QED) is 0.626. The van der Waals surface area contributed by atoms with Crippen molar-refractivity contribution in [3.05, 3.63) is 59.8 Å². The van der Waals surface area contributed by atoms with Gasteiger partial charge in [-0.25, -0.2) is 13.5 Å². The van der Waals surface area contributed by atoms with Crippen LogP contribution in [0.5, 0.6) is 5.75 Å². The van der Waals surface area contributed by atoms with E-state index in [1.807, 2.05) is 31.2 Å². The lowest BCUT2D eigenvalue weighted by Crippen LogP contribution is -2.24. The fourth-order valence-electron chi connectivity index (χ4n) is 3.59. The first-order valence-corrected chi connectivity index (χ1v) is 9.72. The summed E-state index contributed by atoms with van der Waals surface area (Å²) >= 11 is 0. The van der Waals surface area contributed by atoms with Gasteiger partial charge < -0.3 is 15.4 Å². The third-order valence-electron chi connectivity index (χ3n) is 5.12. The Balaban J connectivity index is 1.59. The van der Waals surface area contributed by atoms with Gasteiger partial charge in [0.1, 0.15) is 17.6 Å². The molecule has 2 heterocycles. The Kier molecular flexibility index (Phi) is 5.41. The van der Waals surface area contributed by atoms with Gasteiger partial charge >= 0.3 is 0 Å². The Morgan fingerprint density at radius 1 is 1.19 bits per heavy atom. The standard InChI is InChI=1S/C22H20F2N4O3/c1-3-17-20(12-4-7-14(31-2)8-5-12)21-26-22(30)18(28(21)27-17)11-19(29)25-13-6-9-15(23)16(24)10-13/h4-10,18H,3,11H2,1-2H3,(H,25,29)(H,26,30). The first kappa shape index (κ1) is 20.5. The lowest BCUT2D eigenvalue weighted by atomic mass is 10.0. The van der Waals surface area contributed by atoms with Gasteiger partial charge in [-0.1, -0.05) is 19.1 Å². The molecule has 1 aliphatic heterocycles. The molecule has 1 unspecified atom stereocenters. The van der Waals surface area contributed by atoms with Crippen molar-refractivity contribution >= 4 is 23.3 Å². The largest absolute Gasteiger partial charge is 0.497 e. The molecule has 2 aromatic carbocycles. The predicted molar refractivity (Wildman–Crippen MR) is 111 cm³/mol. The number of methoxy groups -OCH3 is 1. The molecule has 0 radical (unpaired) electrons. The Bertz CT molecular complexity index is 1160. The minimum Gasteiger partial charge on any atom is -0.497 e. The Labute approximate surface area is 177 Å². The molecule has 0 saturated carbocycles. The van der Waals surface area contributed by atoms with Gasteiger partial charge in [-0.3, -0.25) is 9.59 Å². The van der Waals surface area contributed by atoms with Crippen LogP contribution in [0.4, 0.5) is 20.3 Å². The molecule has 0 saturated heterocycles. The summed E-state index contributed by atoms with van der Waals surface area (Å²) in [5, 5.41) is 9.87. The van der Waals surface area contributed by atoms with Crippen LogP contribution in [0.15, 0.2) is 42.5 Å². The second-order valence-electron chi connectivity index (χ2n) is 7.08. The molecule has 0 bridgehead atoms. The third kappa shape index (κ3) is 3.86. The zero-order valence-corrected chi connectivity index (χ0v) is 16.9. The van der Waals surface area contributed by atoms with Crippen LogP contribution in [0.1, 0.15) is 25.1 Å². The number of aryl methyl sites for hydroxylation is 1. The molecule has 9 heteroatoms. The highest BCUT2D eigenvalue weighted by molar-refractivity contribution is 6.04. The molecule has 31 heavy (non-hydrogen) atoms. The number of benzene rings is 2. The van der Waals surface area contributed by atoms with Crippen molar-refractivity contribution in [2.75, 3.05) is 17.7 Å². The summed E-state index contributed by atoms with van der Waals surface area (Å²) in [4.78, 5) is 25.0. The minimum atomic E-state index is -1.07. The van der Waals surface area contributed by atoms with Crippen molar-refractivity contribution in [3.63, 3.8) is 0 Å². The molecule has 2 amide bonds. The van der Waals surface area contributed by atoms with Crippen LogP contribution in [0.25, 0.3) is 11.1 Å². The van der Waals surface area contributed by atoms with E-state index < -0.39 is 23.6 Å². The fourth-order valence-corrected chi connectivity index (χ4v) is 3.59. The maximum atomic E-state index is 13.4. The summed E-state index contributed by atoms with van der Waals surface area (Å²) in [5.41, 5.74) is 2.55. The number of nitrogens with one attached hydrogen (secondary N) is 2. The van der Waals surface area contributed by atoms with E-state index in [1.165, 1.54) is 10.7 Å². The zero-order chi connectivity index (χ0) is 22.1. The Morgan fingerprint density at radius 2 is 1.94 bits per heavy atom. The topological polar surface area (TPSA) is 85.2 Å². The molecule has 0 fully saturated rings. The van der Waals surface area contributed by atoms with E-state index in [0.29, 0.717) is 18.0 Å². The van der Waals surface area contributed by atoms with E-state index >= 15 is 0 Å². The second-order valence-corrected chi connectivity index (χ2v) is 7.08. The highest BCUT2D eigenvalue weighted by Gasteiger charge is 2.36. The van der Waals surface area contributed by atoms with Crippen molar-refractivity contribution in [1.82, 2.24) is 9.78 Å². The van der Waals surface area contributed by atoms with Crippen LogP contribution >= 0.6 is 0 Å². The number of carbonyl (C=O) groups is 2. The molecule has 160 valence electrons. The van der Waals surface area contributed by atoms with Crippen LogP contribution in [0, 0.1) is 11.6 Å². The van der Waals surface area contributed by atoms with Gasteiger partial charge in [-0.05, 0) is 36.2 Å². The summed E-state index contributed by atoms with van der Waals surface area (Å²) < 4.78 is 33.2. The zero-order valence-electron chi connectivity index (χ0n) is 16.9. The van der Waals surface area contributed by atoms with Crippen LogP contribution in [-0.2, 0) is 16.0 Å². The molecule has 1 atom stereocenters. The highest BCUT2D eigenvalue weighted by atomic mass is 19.2. The number of anilines is 2. The van der Waals surface area contributed by atoms with Crippen LogP contribution < -0.4 is 15.4 Å². The van der Waals surface area contributed by atoms with Crippen LogP contribution in [-0.4, -0.2) is 28.7 Å². The molecule has 0 spiro atoms. The maximum absolute atomic E-state index is 13.4. The number of ether oxygens (including phenoxy) is 1. The van der Waals surface area contributed by atoms with Gasteiger partial charge in [-0.2, -0.15) is 5.10 Å². The molecule has 0 aliphatic carbocycles. The smallest absolute Gasteiger partial charge is 0.251 e. The Hall–Kier alpha value is -3.75. The van der Waals surface area contributed by atoms with Crippen molar-refractivity contribution in [2.24, 2.45) is 0 Å². The number of nitrogens with zero attached hydrogens (tertiary/aromatic N) is 2. The molecular weight excluding hydrogens is 406 g/mol. The number of hydrogen-bond donors (Lipinski definition) is 2. The summed E-state index contributed by atoms with van der Waals surface area (Å²) in [6.07, 6.45) is 0.426. The van der Waals surface area contributed by atoms with Gasteiger partial charge in [-0.15, -0.1) is 0 Å². The second kappa shape index (κ2) is 8.17. The van der Waals surface area contributed by atoms with Crippen molar-refractivity contribution in [3.8, 4) is 16.9 Å². The van der Waals surface area contributed by atoms with Crippen LogP contribution in [0.3, 0.4) is 0 Å². The number of rotatable bonds is 6. The van der Waals surface area contributed by atoms with Crippen molar-refractivity contribution in [2.45, 2.75) is 25.8 Å². The molecule has 7 nitrogen and oxygen atoms in total. The number of halogens is 2. The third-order valence-corrected chi connectivity index (χ3v) is 5.12. The SMILES string of the molecule is CCc1nn2c(c1-c1ccc(OC)cc1)NC(=O)C2CC(=O)Nc1ccc(F)c(F)c1. The molecule has 2 N–H and O–H groups in total. The summed E-state index contributed by atoms with van der Waals surface area (Å²) in [7, 11) is 1.58. The highest BCUT2D eigenvalue weighted by Crippen LogP contribution is 2.39. The van der Waals surface area contributed by atoms with Crippen LogP contribution in [0.2, 0.25) is 0 Å². The normalized spacial score (nSPS) is 14.8. The lowest BCUT2D eigenvalue weighted by molar-refractivity contribution is -0.123. The van der Waals surface area contributed by atoms with E-state index in [1.54, 1.807) is 7.11 Å². The minimum absolute atomic E-state index is 0.108. The number of hydrogen-bond acceptors (Lipinski definition) is 4. The first-order valence-electron chi connectivity index (χ1n) is 9.72. The summed E-state index contributed by atoms with van der Waals surface area (Å²) in [5.74, 6) is -1.71. The number of amides is 2. The van der Waals surface area contributed by atoms with E-state index in [-0.39, 0.29) is 18.0 Å². The van der Waals surface area contributed by atoms with Gasteiger partial charge in [0.05, 0.1) is 19.2 Å².